The molecule has 22 heavy (non-hydrogen) atoms. The Kier molecular flexibility index (Phi) is 6.87. The van der Waals surface area contributed by atoms with E-state index in [0.29, 0.717) is 6.42 Å². The Morgan fingerprint density at radius 1 is 1.27 bits per heavy atom. The van der Waals surface area contributed by atoms with Crippen molar-refractivity contribution >= 4 is 13.8 Å². The number of carbonyl (C=O) groups excluding carboxylic acids is 1. The monoisotopic (exact) mass is 334 g/mol. The van der Waals surface area contributed by atoms with Gasteiger partial charge in [-0.25, -0.2) is 4.57 Å². The molecule has 1 saturated carbocycles. The van der Waals surface area contributed by atoms with E-state index >= 15 is 0 Å². The van der Waals surface area contributed by atoms with Gasteiger partial charge in [-0.15, -0.1) is 0 Å². The minimum Gasteiger partial charge on any atom is -0.463 e. The fourth-order valence-corrected chi connectivity index (χ4v) is 3.68. The Morgan fingerprint density at radius 3 is 2.59 bits per heavy atom. The smallest absolute Gasteiger partial charge is 0.463 e. The second-order valence-corrected chi connectivity index (χ2v) is 7.86. The molecule has 1 N–H and O–H groups in total. The van der Waals surface area contributed by atoms with Gasteiger partial charge < -0.3 is 9.63 Å². The maximum absolute atomic E-state index is 11.5. The van der Waals surface area contributed by atoms with Crippen molar-refractivity contribution in [2.45, 2.75) is 64.4 Å². The van der Waals surface area contributed by atoms with Crippen LogP contribution in [0.25, 0.3) is 0 Å². The van der Waals surface area contributed by atoms with Crippen LogP contribution in [0.3, 0.4) is 0 Å². The summed E-state index contributed by atoms with van der Waals surface area (Å²) in [5.41, 5.74) is 0. The molecule has 2 aliphatic rings. The average molecular weight is 334 g/mol. The molecule has 1 heterocycles. The zero-order valence-electron chi connectivity index (χ0n) is 13.2. The number of rotatable bonds is 10. The molecule has 0 amide bonds. The molecule has 2 rings (SSSR count). The molecule has 0 radical (unpaired) electrons. The van der Waals surface area contributed by atoms with Gasteiger partial charge in [0.05, 0.1) is 6.61 Å². The first kappa shape index (κ1) is 17.9. The predicted molar refractivity (Wildman–Crippen MR) is 81.2 cm³/mol. The fraction of sp³-hybridized carbons (Fsp3) is 0.933. The average Bonchev–Trinajstić information content (AvgIpc) is 3.04. The Labute approximate surface area is 132 Å². The van der Waals surface area contributed by atoms with Crippen LogP contribution >= 0.6 is 7.82 Å². The van der Waals surface area contributed by atoms with E-state index in [1.165, 1.54) is 32.1 Å². The molecule has 1 aliphatic carbocycles. The van der Waals surface area contributed by atoms with E-state index in [9.17, 15) is 9.36 Å². The molecule has 2 unspecified atom stereocenters. The Balaban J connectivity index is 1.39. The standard InChI is InChI=1S/C15H27O6P/c1-12-9-13(12)7-5-3-2-4-6-8-15(16)19-10-14-11-20-22(17,18)21-14/h12-14H,2-11H2,1H3,(H,17,18)/t12-,13-,14?/m0/s1. The van der Waals surface area contributed by atoms with Gasteiger partial charge >= 0.3 is 13.8 Å². The van der Waals surface area contributed by atoms with Crippen LogP contribution in [0.15, 0.2) is 0 Å². The topological polar surface area (TPSA) is 82.1 Å². The summed E-state index contributed by atoms with van der Waals surface area (Å²) in [6.07, 6.45) is 8.13. The maximum Gasteiger partial charge on any atom is 0.472 e. The van der Waals surface area contributed by atoms with Gasteiger partial charge in [-0.1, -0.05) is 39.0 Å². The number of hydrogen-bond donors (Lipinski definition) is 1. The summed E-state index contributed by atoms with van der Waals surface area (Å²) in [5.74, 6) is 1.64. The Hall–Kier alpha value is -0.420. The highest BCUT2D eigenvalue weighted by Crippen LogP contribution is 2.49. The summed E-state index contributed by atoms with van der Waals surface area (Å²) in [6.45, 7) is 2.28. The summed E-state index contributed by atoms with van der Waals surface area (Å²) in [5, 5.41) is 0. The third-order valence-electron chi connectivity index (χ3n) is 4.37. The predicted octanol–water partition coefficient (Wildman–Crippen LogP) is 3.43. The molecule has 6 nitrogen and oxygen atoms in total. The van der Waals surface area contributed by atoms with Crippen LogP contribution in [-0.2, 0) is 23.1 Å². The molecule has 7 heteroatoms. The second-order valence-electron chi connectivity index (χ2n) is 6.45. The van der Waals surface area contributed by atoms with Crippen molar-refractivity contribution in [3.05, 3.63) is 0 Å². The lowest BCUT2D eigenvalue weighted by Crippen LogP contribution is -2.20. The van der Waals surface area contributed by atoms with Crippen molar-refractivity contribution in [3.63, 3.8) is 0 Å². The first-order valence-corrected chi connectivity index (χ1v) is 9.77. The van der Waals surface area contributed by atoms with E-state index in [1.807, 2.05) is 0 Å². The SMILES string of the molecule is C[C@H]1C[C@@H]1CCCCCCCC(=O)OCC1COP(=O)(O)O1. The molecule has 1 aliphatic heterocycles. The number of ether oxygens (including phenoxy) is 1. The number of phosphoric acid groups is 1. The van der Waals surface area contributed by atoms with Gasteiger partial charge in [-0.05, 0) is 24.7 Å². The van der Waals surface area contributed by atoms with Crippen LogP contribution in [0.1, 0.15) is 58.3 Å². The van der Waals surface area contributed by atoms with E-state index in [-0.39, 0.29) is 19.2 Å². The third kappa shape index (κ3) is 6.78. The van der Waals surface area contributed by atoms with Gasteiger partial charge in [0.1, 0.15) is 12.7 Å². The molecule has 0 spiro atoms. The molecule has 4 atom stereocenters. The van der Waals surface area contributed by atoms with E-state index < -0.39 is 13.9 Å². The van der Waals surface area contributed by atoms with Crippen LogP contribution in [-0.4, -0.2) is 30.2 Å². The van der Waals surface area contributed by atoms with Crippen molar-refractivity contribution in [1.29, 1.82) is 0 Å². The normalized spacial score (nSPS) is 33.8. The zero-order chi connectivity index (χ0) is 16.0. The minimum absolute atomic E-state index is 0.0132. The molecule has 0 aromatic heterocycles. The highest BCUT2D eigenvalue weighted by Gasteiger charge is 2.35. The lowest BCUT2D eigenvalue weighted by atomic mass is 10.1. The quantitative estimate of drug-likeness (QED) is 0.374. The van der Waals surface area contributed by atoms with Gasteiger partial charge in [-0.3, -0.25) is 13.8 Å². The number of hydrogen-bond acceptors (Lipinski definition) is 5. The Bertz CT molecular complexity index is 413. The van der Waals surface area contributed by atoms with E-state index in [0.717, 1.165) is 24.7 Å². The molecular weight excluding hydrogens is 307 g/mol. The molecule has 1 saturated heterocycles. The zero-order valence-corrected chi connectivity index (χ0v) is 14.1. The van der Waals surface area contributed by atoms with Crippen LogP contribution in [0.4, 0.5) is 0 Å². The van der Waals surface area contributed by atoms with Gasteiger partial charge in [0.25, 0.3) is 0 Å². The van der Waals surface area contributed by atoms with Gasteiger partial charge in [0.15, 0.2) is 0 Å². The highest BCUT2D eigenvalue weighted by atomic mass is 31.2. The fourth-order valence-electron chi connectivity index (χ4n) is 2.77. The number of phosphoric ester groups is 1. The molecule has 128 valence electrons. The number of esters is 1. The van der Waals surface area contributed by atoms with Crippen molar-refractivity contribution in [1.82, 2.24) is 0 Å². The maximum atomic E-state index is 11.5. The molecule has 0 aromatic rings. The Morgan fingerprint density at radius 2 is 1.95 bits per heavy atom. The molecule has 0 bridgehead atoms. The summed E-state index contributed by atoms with van der Waals surface area (Å²) in [6, 6.07) is 0. The first-order valence-electron chi connectivity index (χ1n) is 8.27. The lowest BCUT2D eigenvalue weighted by Gasteiger charge is -2.08. The van der Waals surface area contributed by atoms with Crippen molar-refractivity contribution in [2.24, 2.45) is 11.8 Å². The molecular formula is C15H27O6P. The summed E-state index contributed by atoms with van der Waals surface area (Å²) >= 11 is 0. The molecule has 2 fully saturated rings. The lowest BCUT2D eigenvalue weighted by molar-refractivity contribution is -0.146. The van der Waals surface area contributed by atoms with E-state index in [2.05, 4.69) is 11.4 Å². The van der Waals surface area contributed by atoms with Gasteiger partial charge in [0.2, 0.25) is 0 Å². The molecule has 0 aromatic carbocycles. The highest BCUT2D eigenvalue weighted by molar-refractivity contribution is 7.47. The van der Waals surface area contributed by atoms with Crippen LogP contribution in [0.2, 0.25) is 0 Å². The van der Waals surface area contributed by atoms with Gasteiger partial charge in [-0.2, -0.15) is 0 Å². The van der Waals surface area contributed by atoms with Crippen LogP contribution < -0.4 is 0 Å². The van der Waals surface area contributed by atoms with Gasteiger partial charge in [0, 0.05) is 6.42 Å². The van der Waals surface area contributed by atoms with Crippen LogP contribution in [0.5, 0.6) is 0 Å². The second kappa shape index (κ2) is 8.44. The van der Waals surface area contributed by atoms with E-state index in [1.54, 1.807) is 0 Å². The van der Waals surface area contributed by atoms with E-state index in [4.69, 9.17) is 14.2 Å². The first-order chi connectivity index (χ1) is 10.5. The largest absolute Gasteiger partial charge is 0.472 e. The minimum atomic E-state index is -3.89. The summed E-state index contributed by atoms with van der Waals surface area (Å²) in [4.78, 5) is 20.5. The third-order valence-corrected chi connectivity index (χ3v) is 5.41. The van der Waals surface area contributed by atoms with Crippen molar-refractivity contribution in [3.8, 4) is 0 Å². The summed E-state index contributed by atoms with van der Waals surface area (Å²) in [7, 11) is -3.89. The number of carbonyl (C=O) groups is 1. The number of unbranched alkanes of at least 4 members (excludes halogenated alkanes) is 4. The van der Waals surface area contributed by atoms with Crippen molar-refractivity contribution < 1.29 is 28.0 Å². The van der Waals surface area contributed by atoms with Crippen LogP contribution in [0, 0.1) is 11.8 Å². The summed E-state index contributed by atoms with van der Waals surface area (Å²) < 4.78 is 25.3. The van der Waals surface area contributed by atoms with Crippen molar-refractivity contribution in [2.75, 3.05) is 13.2 Å².